The zero-order chi connectivity index (χ0) is 13.9. The van der Waals surface area contributed by atoms with E-state index in [1.54, 1.807) is 7.11 Å². The quantitative estimate of drug-likeness (QED) is 0.431. The van der Waals surface area contributed by atoms with Crippen molar-refractivity contribution in [3.8, 4) is 0 Å². The third kappa shape index (κ3) is 6.78. The molecule has 0 saturated carbocycles. The van der Waals surface area contributed by atoms with Gasteiger partial charge in [-0.15, -0.1) is 0 Å². The van der Waals surface area contributed by atoms with E-state index >= 15 is 0 Å². The topological polar surface area (TPSA) is 46.1 Å². The fraction of sp³-hybridized carbons (Fsp3) is 0.929. The first-order valence-corrected chi connectivity index (χ1v) is 7.26. The first-order valence-electron chi connectivity index (χ1n) is 7.26. The number of rotatable bonds is 7. The van der Waals surface area contributed by atoms with Gasteiger partial charge in [0, 0.05) is 54.1 Å². The Bertz CT molecular complexity index is 253. The van der Waals surface area contributed by atoms with Crippen LogP contribution in [0.15, 0.2) is 4.99 Å². The smallest absolute Gasteiger partial charge is 0.193 e. The molecule has 1 fully saturated rings. The van der Waals surface area contributed by atoms with Crippen LogP contribution in [-0.2, 0) is 9.47 Å². The highest BCUT2D eigenvalue weighted by Crippen LogP contribution is 2.18. The summed E-state index contributed by atoms with van der Waals surface area (Å²) < 4.78 is 10.4. The molecule has 1 heterocycles. The van der Waals surface area contributed by atoms with Gasteiger partial charge < -0.3 is 19.7 Å². The van der Waals surface area contributed by atoms with E-state index in [2.05, 4.69) is 22.3 Å². The Balaban J connectivity index is 2.19. The summed E-state index contributed by atoms with van der Waals surface area (Å²) in [5.41, 5.74) is 0. The Morgan fingerprint density at radius 2 is 2.16 bits per heavy atom. The van der Waals surface area contributed by atoms with Gasteiger partial charge >= 0.3 is 0 Å². The standard InChI is InChI=1S/C14H29N3O2/c1-15-14(16-8-4-10-18-3)17(2)9-5-13-6-11-19-12-7-13/h13H,4-12H2,1-3H3,(H,15,16). The van der Waals surface area contributed by atoms with Gasteiger partial charge in [0.2, 0.25) is 0 Å². The van der Waals surface area contributed by atoms with Crippen LogP contribution in [0.4, 0.5) is 0 Å². The molecule has 1 aliphatic rings. The third-order valence-electron chi connectivity index (χ3n) is 3.60. The minimum atomic E-state index is 0.787. The zero-order valence-corrected chi connectivity index (χ0v) is 12.7. The van der Waals surface area contributed by atoms with Gasteiger partial charge in [-0.05, 0) is 31.6 Å². The largest absolute Gasteiger partial charge is 0.385 e. The van der Waals surface area contributed by atoms with Crippen LogP contribution >= 0.6 is 0 Å². The van der Waals surface area contributed by atoms with Crippen LogP contribution < -0.4 is 5.32 Å². The van der Waals surface area contributed by atoms with Gasteiger partial charge in [-0.1, -0.05) is 0 Å². The Morgan fingerprint density at radius 1 is 1.42 bits per heavy atom. The van der Waals surface area contributed by atoms with Crippen molar-refractivity contribution in [2.45, 2.75) is 25.7 Å². The van der Waals surface area contributed by atoms with Crippen LogP contribution in [0.25, 0.3) is 0 Å². The minimum Gasteiger partial charge on any atom is -0.385 e. The molecule has 0 unspecified atom stereocenters. The van der Waals surface area contributed by atoms with Crippen molar-refractivity contribution >= 4 is 5.96 Å². The van der Waals surface area contributed by atoms with Gasteiger partial charge in [-0.3, -0.25) is 4.99 Å². The van der Waals surface area contributed by atoms with E-state index in [0.29, 0.717) is 0 Å². The molecule has 0 aromatic rings. The van der Waals surface area contributed by atoms with Gasteiger partial charge in [0.15, 0.2) is 5.96 Å². The number of nitrogens with one attached hydrogen (secondary N) is 1. The number of aliphatic imine (C=N–C) groups is 1. The molecule has 0 atom stereocenters. The van der Waals surface area contributed by atoms with E-state index < -0.39 is 0 Å². The number of guanidine groups is 1. The van der Waals surface area contributed by atoms with Crippen molar-refractivity contribution in [2.75, 3.05) is 54.1 Å². The van der Waals surface area contributed by atoms with E-state index in [-0.39, 0.29) is 0 Å². The first-order chi connectivity index (χ1) is 9.27. The summed E-state index contributed by atoms with van der Waals surface area (Å²) >= 11 is 0. The summed E-state index contributed by atoms with van der Waals surface area (Å²) in [4.78, 5) is 6.53. The lowest BCUT2D eigenvalue weighted by atomic mass is 9.96. The normalized spacial score (nSPS) is 17.5. The molecule has 5 nitrogen and oxygen atoms in total. The molecule has 19 heavy (non-hydrogen) atoms. The highest BCUT2D eigenvalue weighted by molar-refractivity contribution is 5.79. The second kappa shape index (κ2) is 10.0. The fourth-order valence-corrected chi connectivity index (χ4v) is 2.32. The second-order valence-corrected chi connectivity index (χ2v) is 5.09. The number of ether oxygens (including phenoxy) is 2. The van der Waals surface area contributed by atoms with Gasteiger partial charge in [-0.2, -0.15) is 0 Å². The fourth-order valence-electron chi connectivity index (χ4n) is 2.32. The zero-order valence-electron chi connectivity index (χ0n) is 12.7. The maximum absolute atomic E-state index is 5.39. The summed E-state index contributed by atoms with van der Waals surface area (Å²) in [6, 6.07) is 0. The summed E-state index contributed by atoms with van der Waals surface area (Å²) in [6.45, 7) is 4.60. The highest BCUT2D eigenvalue weighted by atomic mass is 16.5. The number of nitrogens with zero attached hydrogens (tertiary/aromatic N) is 2. The molecule has 0 aromatic heterocycles. The Kier molecular flexibility index (Phi) is 8.58. The molecule has 0 spiro atoms. The number of methoxy groups -OCH3 is 1. The Hall–Kier alpha value is -0.810. The van der Waals surface area contributed by atoms with Crippen LogP contribution in [0.3, 0.4) is 0 Å². The van der Waals surface area contributed by atoms with E-state index in [4.69, 9.17) is 9.47 Å². The van der Waals surface area contributed by atoms with Crippen LogP contribution in [0.5, 0.6) is 0 Å². The van der Waals surface area contributed by atoms with Gasteiger partial charge in [0.25, 0.3) is 0 Å². The summed E-state index contributed by atoms with van der Waals surface area (Å²) in [5, 5.41) is 3.36. The maximum Gasteiger partial charge on any atom is 0.193 e. The summed E-state index contributed by atoms with van der Waals surface area (Å²) in [5.74, 6) is 1.78. The second-order valence-electron chi connectivity index (χ2n) is 5.09. The van der Waals surface area contributed by atoms with E-state index in [0.717, 1.165) is 51.2 Å². The predicted octanol–water partition coefficient (Wildman–Crippen LogP) is 1.35. The minimum absolute atomic E-state index is 0.787. The van der Waals surface area contributed by atoms with Gasteiger partial charge in [0.1, 0.15) is 0 Å². The molecule has 1 aliphatic heterocycles. The average molecular weight is 271 g/mol. The predicted molar refractivity (Wildman–Crippen MR) is 78.6 cm³/mol. The number of hydrogen-bond acceptors (Lipinski definition) is 3. The van der Waals surface area contributed by atoms with E-state index in [1.807, 2.05) is 7.05 Å². The van der Waals surface area contributed by atoms with Gasteiger partial charge in [-0.25, -0.2) is 0 Å². The summed E-state index contributed by atoms with van der Waals surface area (Å²) in [7, 11) is 5.67. The highest BCUT2D eigenvalue weighted by Gasteiger charge is 2.15. The molecule has 1 saturated heterocycles. The molecule has 0 aromatic carbocycles. The monoisotopic (exact) mass is 271 g/mol. The van der Waals surface area contributed by atoms with Crippen LogP contribution in [0.1, 0.15) is 25.7 Å². The lowest BCUT2D eigenvalue weighted by Gasteiger charge is -2.26. The molecule has 0 aliphatic carbocycles. The van der Waals surface area contributed by atoms with Gasteiger partial charge in [0.05, 0.1) is 0 Å². The molecule has 0 bridgehead atoms. The Morgan fingerprint density at radius 3 is 2.79 bits per heavy atom. The van der Waals surface area contributed by atoms with Crippen molar-refractivity contribution in [3.63, 3.8) is 0 Å². The van der Waals surface area contributed by atoms with Crippen LogP contribution in [0, 0.1) is 5.92 Å². The molecule has 1 rings (SSSR count). The maximum atomic E-state index is 5.39. The number of hydrogen-bond donors (Lipinski definition) is 1. The molecule has 0 amide bonds. The van der Waals surface area contributed by atoms with Crippen LogP contribution in [0.2, 0.25) is 0 Å². The summed E-state index contributed by atoms with van der Waals surface area (Å²) in [6.07, 6.45) is 4.63. The molecule has 1 N–H and O–H groups in total. The average Bonchev–Trinajstić information content (AvgIpc) is 2.46. The van der Waals surface area contributed by atoms with Crippen molar-refractivity contribution in [2.24, 2.45) is 10.9 Å². The van der Waals surface area contributed by atoms with E-state index in [1.165, 1.54) is 19.3 Å². The third-order valence-corrected chi connectivity index (χ3v) is 3.60. The van der Waals surface area contributed by atoms with Crippen LogP contribution in [-0.4, -0.2) is 65.0 Å². The van der Waals surface area contributed by atoms with Crippen molar-refractivity contribution < 1.29 is 9.47 Å². The van der Waals surface area contributed by atoms with Crippen molar-refractivity contribution in [1.82, 2.24) is 10.2 Å². The lowest BCUT2D eigenvalue weighted by molar-refractivity contribution is 0.0625. The molecular formula is C14H29N3O2. The molecule has 5 heteroatoms. The molecule has 0 radical (unpaired) electrons. The Labute approximate surface area is 117 Å². The first kappa shape index (κ1) is 16.2. The molecular weight excluding hydrogens is 242 g/mol. The SMILES string of the molecule is CN=C(NCCCOC)N(C)CCC1CCOCC1. The lowest BCUT2D eigenvalue weighted by Crippen LogP contribution is -2.40. The molecule has 112 valence electrons. The van der Waals surface area contributed by atoms with E-state index in [9.17, 15) is 0 Å². The van der Waals surface area contributed by atoms with Crippen molar-refractivity contribution in [3.05, 3.63) is 0 Å². The van der Waals surface area contributed by atoms with Crippen molar-refractivity contribution in [1.29, 1.82) is 0 Å².